The second kappa shape index (κ2) is 4.48. The van der Waals surface area contributed by atoms with Gasteiger partial charge in [-0.05, 0) is 25.1 Å². The number of aromatic nitrogens is 2. The zero-order valence-electron chi connectivity index (χ0n) is 10.6. The number of imidazole rings is 1. The maximum Gasteiger partial charge on any atom is 0.356 e. The number of pyridine rings is 1. The Morgan fingerprint density at radius 3 is 2.95 bits per heavy atom. The van der Waals surface area contributed by atoms with Crippen molar-refractivity contribution in [2.24, 2.45) is 0 Å². The Kier molecular flexibility index (Phi) is 2.78. The summed E-state index contributed by atoms with van der Waals surface area (Å²) >= 11 is 0. The van der Waals surface area contributed by atoms with Crippen LogP contribution < -0.4 is 4.74 Å². The van der Waals surface area contributed by atoms with E-state index in [2.05, 4.69) is 4.98 Å². The zero-order chi connectivity index (χ0) is 14.3. The largest absolute Gasteiger partial charge is 0.493 e. The minimum absolute atomic E-state index is 0.0655. The first-order chi connectivity index (χ1) is 9.60. The maximum absolute atomic E-state index is 13.4. The molecule has 0 aliphatic carbocycles. The van der Waals surface area contributed by atoms with Crippen LogP contribution in [0.15, 0.2) is 30.5 Å². The van der Waals surface area contributed by atoms with Crippen molar-refractivity contribution in [3.05, 3.63) is 42.0 Å². The SMILES string of the molecule is CCOc1cc2nc(C(=O)O)cn2c2ccc(F)cc12. The van der Waals surface area contributed by atoms with Crippen molar-refractivity contribution in [3.63, 3.8) is 0 Å². The number of rotatable bonds is 3. The van der Waals surface area contributed by atoms with Crippen LogP contribution in [0.5, 0.6) is 5.75 Å². The lowest BCUT2D eigenvalue weighted by molar-refractivity contribution is 0.0691. The normalized spacial score (nSPS) is 11.1. The van der Waals surface area contributed by atoms with E-state index in [-0.39, 0.29) is 11.5 Å². The monoisotopic (exact) mass is 274 g/mol. The molecule has 0 fully saturated rings. The molecule has 0 aliphatic rings. The molecule has 2 aromatic heterocycles. The van der Waals surface area contributed by atoms with Gasteiger partial charge < -0.3 is 9.84 Å². The summed E-state index contributed by atoms with van der Waals surface area (Å²) in [6, 6.07) is 5.86. The highest BCUT2D eigenvalue weighted by molar-refractivity contribution is 5.91. The molecule has 3 rings (SSSR count). The van der Waals surface area contributed by atoms with Crippen molar-refractivity contribution >= 4 is 22.5 Å². The standard InChI is InChI=1S/C14H11FN2O3/c1-2-20-12-6-13-16-10(14(18)19)7-17(13)11-4-3-8(15)5-9(11)12/h3-7H,2H2,1H3,(H,18,19). The first-order valence-electron chi connectivity index (χ1n) is 6.07. The molecule has 0 spiro atoms. The lowest BCUT2D eigenvalue weighted by Crippen LogP contribution is -1.96. The van der Waals surface area contributed by atoms with E-state index in [1.165, 1.54) is 18.3 Å². The van der Waals surface area contributed by atoms with Gasteiger partial charge in [-0.25, -0.2) is 14.2 Å². The van der Waals surface area contributed by atoms with Crippen LogP contribution >= 0.6 is 0 Å². The summed E-state index contributed by atoms with van der Waals surface area (Å²) in [5, 5.41) is 9.59. The highest BCUT2D eigenvalue weighted by Gasteiger charge is 2.14. The van der Waals surface area contributed by atoms with Crippen molar-refractivity contribution in [3.8, 4) is 5.75 Å². The van der Waals surface area contributed by atoms with Gasteiger partial charge in [0.15, 0.2) is 5.69 Å². The number of carbonyl (C=O) groups is 1. The molecule has 5 nitrogen and oxygen atoms in total. The van der Waals surface area contributed by atoms with Crippen LogP contribution in [-0.4, -0.2) is 27.1 Å². The third kappa shape index (κ3) is 1.85. The average Bonchev–Trinajstić information content (AvgIpc) is 2.83. The van der Waals surface area contributed by atoms with Crippen LogP contribution in [0.2, 0.25) is 0 Å². The Morgan fingerprint density at radius 1 is 1.45 bits per heavy atom. The van der Waals surface area contributed by atoms with Gasteiger partial charge in [0.2, 0.25) is 0 Å². The molecule has 0 bridgehead atoms. The van der Waals surface area contributed by atoms with Crippen molar-refractivity contribution in [1.82, 2.24) is 9.38 Å². The summed E-state index contributed by atoms with van der Waals surface area (Å²) in [5.74, 6) is -1.00. The van der Waals surface area contributed by atoms with Crippen LogP contribution in [0.25, 0.3) is 16.6 Å². The highest BCUT2D eigenvalue weighted by atomic mass is 19.1. The summed E-state index contributed by atoms with van der Waals surface area (Å²) in [6.45, 7) is 2.25. The fourth-order valence-electron chi connectivity index (χ4n) is 2.18. The number of fused-ring (bicyclic) bond motifs is 3. The Labute approximate surface area is 113 Å². The molecule has 6 heteroatoms. The van der Waals surface area contributed by atoms with E-state index in [9.17, 15) is 9.18 Å². The van der Waals surface area contributed by atoms with Crippen molar-refractivity contribution in [2.75, 3.05) is 6.61 Å². The summed E-state index contributed by atoms with van der Waals surface area (Å²) in [6.07, 6.45) is 1.41. The number of hydrogen-bond donors (Lipinski definition) is 1. The van der Waals surface area contributed by atoms with Gasteiger partial charge in [-0.3, -0.25) is 4.40 Å². The topological polar surface area (TPSA) is 63.8 Å². The molecule has 102 valence electrons. The number of ether oxygens (including phenoxy) is 1. The molecule has 1 N–H and O–H groups in total. The minimum Gasteiger partial charge on any atom is -0.493 e. The average molecular weight is 274 g/mol. The Morgan fingerprint density at radius 2 is 2.25 bits per heavy atom. The van der Waals surface area contributed by atoms with Crippen LogP contribution in [0.3, 0.4) is 0 Å². The fourth-order valence-corrected chi connectivity index (χ4v) is 2.18. The zero-order valence-corrected chi connectivity index (χ0v) is 10.6. The number of aromatic carboxylic acids is 1. The lowest BCUT2D eigenvalue weighted by Gasteiger charge is -2.09. The molecule has 2 heterocycles. The van der Waals surface area contributed by atoms with E-state index in [0.717, 1.165) is 0 Å². The third-order valence-electron chi connectivity index (χ3n) is 3.00. The number of benzene rings is 1. The quantitative estimate of drug-likeness (QED) is 0.797. The van der Waals surface area contributed by atoms with Gasteiger partial charge in [-0.2, -0.15) is 0 Å². The number of carboxylic acids is 1. The summed E-state index contributed by atoms with van der Waals surface area (Å²) in [4.78, 5) is 15.0. The molecule has 1 aromatic carbocycles. The molecule has 0 unspecified atom stereocenters. The highest BCUT2D eigenvalue weighted by Crippen LogP contribution is 2.29. The van der Waals surface area contributed by atoms with Gasteiger partial charge in [-0.1, -0.05) is 0 Å². The maximum atomic E-state index is 13.4. The van der Waals surface area contributed by atoms with Crippen LogP contribution in [0, 0.1) is 5.82 Å². The fraction of sp³-hybridized carbons (Fsp3) is 0.143. The van der Waals surface area contributed by atoms with Gasteiger partial charge in [0.1, 0.15) is 17.2 Å². The Bertz CT molecular complexity index is 826. The third-order valence-corrected chi connectivity index (χ3v) is 3.00. The van der Waals surface area contributed by atoms with Gasteiger partial charge >= 0.3 is 5.97 Å². The number of hydrogen-bond acceptors (Lipinski definition) is 3. The molecule has 0 amide bonds. The molecule has 0 saturated carbocycles. The van der Waals surface area contributed by atoms with E-state index in [0.29, 0.717) is 28.9 Å². The lowest BCUT2D eigenvalue weighted by atomic mass is 10.2. The number of halogens is 1. The first-order valence-corrected chi connectivity index (χ1v) is 6.07. The molecule has 0 atom stereocenters. The van der Waals surface area contributed by atoms with E-state index >= 15 is 0 Å². The van der Waals surface area contributed by atoms with E-state index < -0.39 is 5.97 Å². The van der Waals surface area contributed by atoms with E-state index in [4.69, 9.17) is 9.84 Å². The predicted octanol–water partition coefficient (Wildman–Crippen LogP) is 2.72. The van der Waals surface area contributed by atoms with Crippen molar-refractivity contribution in [2.45, 2.75) is 6.92 Å². The van der Waals surface area contributed by atoms with Crippen LogP contribution in [-0.2, 0) is 0 Å². The summed E-state index contributed by atoms with van der Waals surface area (Å²) < 4.78 is 20.5. The molecule has 0 aliphatic heterocycles. The Hall–Kier alpha value is -2.63. The summed E-state index contributed by atoms with van der Waals surface area (Å²) in [7, 11) is 0. The second-order valence-electron chi connectivity index (χ2n) is 4.26. The van der Waals surface area contributed by atoms with Gasteiger partial charge in [-0.15, -0.1) is 0 Å². The predicted molar refractivity (Wildman–Crippen MR) is 70.8 cm³/mol. The van der Waals surface area contributed by atoms with Gasteiger partial charge in [0.05, 0.1) is 12.1 Å². The first kappa shape index (κ1) is 12.4. The number of nitrogens with zero attached hydrogens (tertiary/aromatic N) is 2. The molecule has 3 aromatic rings. The second-order valence-corrected chi connectivity index (χ2v) is 4.26. The molecule has 20 heavy (non-hydrogen) atoms. The molecule has 0 radical (unpaired) electrons. The molecular formula is C14H11FN2O3. The van der Waals surface area contributed by atoms with Crippen molar-refractivity contribution < 1.29 is 19.0 Å². The smallest absolute Gasteiger partial charge is 0.356 e. The Balaban J connectivity index is 2.40. The van der Waals surface area contributed by atoms with Crippen LogP contribution in [0.1, 0.15) is 17.4 Å². The van der Waals surface area contributed by atoms with Gasteiger partial charge in [0.25, 0.3) is 0 Å². The number of carboxylic acid groups (broad SMARTS) is 1. The van der Waals surface area contributed by atoms with Crippen LogP contribution in [0.4, 0.5) is 4.39 Å². The molecule has 0 saturated heterocycles. The molecular weight excluding hydrogens is 263 g/mol. The minimum atomic E-state index is -1.11. The van der Waals surface area contributed by atoms with E-state index in [1.54, 1.807) is 16.5 Å². The van der Waals surface area contributed by atoms with Gasteiger partial charge in [0, 0.05) is 17.6 Å². The van der Waals surface area contributed by atoms with E-state index in [1.807, 2.05) is 6.92 Å². The van der Waals surface area contributed by atoms with Crippen molar-refractivity contribution in [1.29, 1.82) is 0 Å². The summed E-state index contributed by atoms with van der Waals surface area (Å²) in [5.41, 5.74) is 1.03.